The molecule has 1 N–H and O–H groups in total. The highest BCUT2D eigenvalue weighted by atomic mass is 16.1. The number of pyridine rings is 1. The van der Waals surface area contributed by atoms with Gasteiger partial charge < -0.3 is 14.5 Å². The number of imidazole rings is 2. The molecule has 1 saturated carbocycles. The van der Waals surface area contributed by atoms with Crippen LogP contribution in [0.4, 0.5) is 0 Å². The summed E-state index contributed by atoms with van der Waals surface area (Å²) in [7, 11) is 0. The lowest BCUT2D eigenvalue weighted by atomic mass is 10.2. The average Bonchev–Trinajstić information content (AvgIpc) is 3.33. The zero-order valence-corrected chi connectivity index (χ0v) is 15.5. The molecule has 0 spiro atoms. The zero-order chi connectivity index (χ0) is 19.1. The van der Waals surface area contributed by atoms with Gasteiger partial charge in [-0.15, -0.1) is 0 Å². The first-order valence-corrected chi connectivity index (χ1v) is 9.39. The van der Waals surface area contributed by atoms with E-state index < -0.39 is 0 Å². The van der Waals surface area contributed by atoms with Gasteiger partial charge >= 0.3 is 0 Å². The van der Waals surface area contributed by atoms with Gasteiger partial charge in [0.25, 0.3) is 5.91 Å². The van der Waals surface area contributed by atoms with E-state index in [0.717, 1.165) is 28.2 Å². The van der Waals surface area contributed by atoms with E-state index in [4.69, 9.17) is 0 Å². The van der Waals surface area contributed by atoms with E-state index in [-0.39, 0.29) is 5.91 Å². The van der Waals surface area contributed by atoms with Gasteiger partial charge in [0, 0.05) is 36.9 Å². The minimum Gasteiger partial charge on any atom is -0.348 e. The molecule has 0 saturated heterocycles. The third-order valence-electron chi connectivity index (χ3n) is 5.11. The van der Waals surface area contributed by atoms with Gasteiger partial charge in [-0.25, -0.2) is 15.0 Å². The van der Waals surface area contributed by atoms with E-state index in [1.165, 1.54) is 12.8 Å². The molecule has 1 aliphatic rings. The van der Waals surface area contributed by atoms with Crippen LogP contribution in [0, 0.1) is 6.92 Å². The Balaban J connectivity index is 1.27. The van der Waals surface area contributed by atoms with Crippen molar-refractivity contribution in [3.63, 3.8) is 0 Å². The first-order chi connectivity index (χ1) is 13.7. The third-order valence-corrected chi connectivity index (χ3v) is 5.11. The molecule has 140 valence electrons. The van der Waals surface area contributed by atoms with Crippen molar-refractivity contribution in [2.45, 2.75) is 32.4 Å². The number of aryl methyl sites for hydroxylation is 1. The zero-order valence-electron chi connectivity index (χ0n) is 15.5. The molecule has 5 rings (SSSR count). The van der Waals surface area contributed by atoms with Gasteiger partial charge in [-0.05, 0) is 43.5 Å². The number of nitrogens with zero attached hydrogens (tertiary/aromatic N) is 5. The molecule has 3 heterocycles. The predicted molar refractivity (Wildman–Crippen MR) is 105 cm³/mol. The van der Waals surface area contributed by atoms with Crippen LogP contribution >= 0.6 is 0 Å². The summed E-state index contributed by atoms with van der Waals surface area (Å²) in [6, 6.07) is 10.4. The smallest absolute Gasteiger partial charge is 0.253 e. The summed E-state index contributed by atoms with van der Waals surface area (Å²) in [5, 5.41) is 2.95. The molecule has 3 aromatic heterocycles. The average molecular weight is 372 g/mol. The minimum atomic E-state index is -0.148. The van der Waals surface area contributed by atoms with Crippen LogP contribution in [0.5, 0.6) is 0 Å². The van der Waals surface area contributed by atoms with Crippen LogP contribution < -0.4 is 5.32 Å². The Labute approximate surface area is 162 Å². The molecule has 1 aliphatic carbocycles. The second-order valence-corrected chi connectivity index (χ2v) is 7.14. The van der Waals surface area contributed by atoms with Crippen molar-refractivity contribution in [3.05, 3.63) is 72.2 Å². The largest absolute Gasteiger partial charge is 0.348 e. The monoisotopic (exact) mass is 372 g/mol. The van der Waals surface area contributed by atoms with Crippen molar-refractivity contribution in [1.29, 1.82) is 0 Å². The van der Waals surface area contributed by atoms with E-state index in [0.29, 0.717) is 18.2 Å². The number of hydrogen-bond donors (Lipinski definition) is 1. The highest BCUT2D eigenvalue weighted by molar-refractivity contribution is 5.96. The Morgan fingerprint density at radius 2 is 2.00 bits per heavy atom. The van der Waals surface area contributed by atoms with E-state index in [1.54, 1.807) is 12.4 Å². The lowest BCUT2D eigenvalue weighted by Crippen LogP contribution is -2.23. The number of carbonyl (C=O) groups excluding carboxylic acids is 1. The molecule has 1 fully saturated rings. The summed E-state index contributed by atoms with van der Waals surface area (Å²) in [6.45, 7) is 2.42. The Bertz CT molecular complexity index is 1150. The summed E-state index contributed by atoms with van der Waals surface area (Å²) in [6.07, 6.45) is 9.51. The lowest BCUT2D eigenvalue weighted by molar-refractivity contribution is 0.0950. The van der Waals surface area contributed by atoms with Gasteiger partial charge in [0.05, 0.1) is 11.9 Å². The Morgan fingerprint density at radius 3 is 2.71 bits per heavy atom. The van der Waals surface area contributed by atoms with Crippen LogP contribution in [-0.4, -0.2) is 30.0 Å². The fraction of sp³-hybridized carbons (Fsp3) is 0.238. The van der Waals surface area contributed by atoms with Crippen molar-refractivity contribution < 1.29 is 4.79 Å². The van der Waals surface area contributed by atoms with Gasteiger partial charge in [-0.3, -0.25) is 4.79 Å². The number of carbonyl (C=O) groups is 1. The molecular weight excluding hydrogens is 352 g/mol. The normalized spacial score (nSPS) is 13.8. The lowest BCUT2D eigenvalue weighted by Gasteiger charge is -2.08. The Hall–Kier alpha value is -3.48. The number of nitrogens with one attached hydrogen (secondary N) is 1. The number of rotatable bonds is 5. The SMILES string of the molecule is Cc1nccn1-c1ccc(CNC(=O)c2cnc3c(c2)ncn3C2CC2)cc1. The topological polar surface area (TPSA) is 77.6 Å². The van der Waals surface area contributed by atoms with Crippen LogP contribution in [0.15, 0.2) is 55.2 Å². The summed E-state index contributed by atoms with van der Waals surface area (Å²) < 4.78 is 4.12. The van der Waals surface area contributed by atoms with E-state index >= 15 is 0 Å². The minimum absolute atomic E-state index is 0.148. The summed E-state index contributed by atoms with van der Waals surface area (Å²) in [5.74, 6) is 0.790. The van der Waals surface area contributed by atoms with Crippen molar-refractivity contribution >= 4 is 17.1 Å². The van der Waals surface area contributed by atoms with Crippen molar-refractivity contribution in [2.75, 3.05) is 0 Å². The maximum Gasteiger partial charge on any atom is 0.253 e. The van der Waals surface area contributed by atoms with Gasteiger partial charge in [0.1, 0.15) is 11.3 Å². The molecule has 0 aliphatic heterocycles. The second-order valence-electron chi connectivity index (χ2n) is 7.14. The molecular formula is C21H20N6O. The van der Waals surface area contributed by atoms with Crippen LogP contribution in [0.1, 0.15) is 40.6 Å². The summed E-state index contributed by atoms with van der Waals surface area (Å²) in [5.41, 5.74) is 4.22. The maximum atomic E-state index is 12.5. The molecule has 0 bridgehead atoms. The fourth-order valence-corrected chi connectivity index (χ4v) is 3.37. The van der Waals surface area contributed by atoms with Crippen LogP contribution in [-0.2, 0) is 6.54 Å². The molecule has 0 radical (unpaired) electrons. The third kappa shape index (κ3) is 3.05. The second kappa shape index (κ2) is 6.60. The molecule has 1 aromatic carbocycles. The molecule has 0 atom stereocenters. The Morgan fingerprint density at radius 1 is 1.18 bits per heavy atom. The molecule has 7 heteroatoms. The molecule has 4 aromatic rings. The van der Waals surface area contributed by atoms with Gasteiger partial charge in [-0.1, -0.05) is 12.1 Å². The number of fused-ring (bicyclic) bond motifs is 1. The first-order valence-electron chi connectivity index (χ1n) is 9.39. The predicted octanol–water partition coefficient (Wildman–Crippen LogP) is 3.19. The number of benzene rings is 1. The molecule has 1 amide bonds. The van der Waals surface area contributed by atoms with E-state index in [9.17, 15) is 4.79 Å². The van der Waals surface area contributed by atoms with Crippen LogP contribution in [0.2, 0.25) is 0 Å². The van der Waals surface area contributed by atoms with Crippen LogP contribution in [0.25, 0.3) is 16.9 Å². The number of aromatic nitrogens is 5. The highest BCUT2D eigenvalue weighted by Crippen LogP contribution is 2.36. The number of amides is 1. The standard InChI is InChI=1S/C21H20N6O/c1-14-22-8-9-26(14)17-4-2-15(3-5-17)11-24-21(28)16-10-19-20(23-12-16)27(13-25-19)18-6-7-18/h2-5,8-10,12-13,18H,6-7,11H2,1H3,(H,24,28). The summed E-state index contributed by atoms with van der Waals surface area (Å²) in [4.78, 5) is 25.6. The van der Waals surface area contributed by atoms with Gasteiger partial charge in [0.15, 0.2) is 5.65 Å². The van der Waals surface area contributed by atoms with Crippen molar-refractivity contribution in [1.82, 2.24) is 29.4 Å². The Kier molecular flexibility index (Phi) is 3.93. The number of hydrogen-bond acceptors (Lipinski definition) is 4. The molecule has 28 heavy (non-hydrogen) atoms. The van der Waals surface area contributed by atoms with Crippen molar-refractivity contribution in [2.24, 2.45) is 0 Å². The van der Waals surface area contributed by atoms with Gasteiger partial charge in [-0.2, -0.15) is 0 Å². The van der Waals surface area contributed by atoms with Gasteiger partial charge in [0.2, 0.25) is 0 Å². The molecule has 0 unspecified atom stereocenters. The van der Waals surface area contributed by atoms with E-state index in [2.05, 4.69) is 24.8 Å². The quantitative estimate of drug-likeness (QED) is 0.584. The molecule has 7 nitrogen and oxygen atoms in total. The van der Waals surface area contributed by atoms with Crippen LogP contribution in [0.3, 0.4) is 0 Å². The summed E-state index contributed by atoms with van der Waals surface area (Å²) >= 11 is 0. The first kappa shape index (κ1) is 16.7. The highest BCUT2D eigenvalue weighted by Gasteiger charge is 2.25. The maximum absolute atomic E-state index is 12.5. The van der Waals surface area contributed by atoms with Crippen molar-refractivity contribution in [3.8, 4) is 5.69 Å². The van der Waals surface area contributed by atoms with E-state index in [1.807, 2.05) is 54.3 Å². The fourth-order valence-electron chi connectivity index (χ4n) is 3.37.